The van der Waals surface area contributed by atoms with Crippen molar-refractivity contribution in [1.29, 1.82) is 0 Å². The minimum atomic E-state index is -0.141. The fraction of sp³-hybridized carbons (Fsp3) is 0.529. The van der Waals surface area contributed by atoms with Crippen LogP contribution in [0.2, 0.25) is 0 Å². The molecule has 0 radical (unpaired) electrons. The van der Waals surface area contributed by atoms with Crippen LogP contribution in [0.15, 0.2) is 24.3 Å². The van der Waals surface area contributed by atoms with Crippen LogP contribution in [0.25, 0.3) is 10.1 Å². The summed E-state index contributed by atoms with van der Waals surface area (Å²) in [6.45, 7) is 0. The summed E-state index contributed by atoms with van der Waals surface area (Å²) in [7, 11) is 2.06. The van der Waals surface area contributed by atoms with E-state index >= 15 is 0 Å². The summed E-state index contributed by atoms with van der Waals surface area (Å²) in [5.41, 5.74) is 0. The smallest absolute Gasteiger partial charge is 0.123 e. The maximum atomic E-state index is 13.3. The maximum absolute atomic E-state index is 13.3. The summed E-state index contributed by atoms with van der Waals surface area (Å²) >= 11 is 1.81. The van der Waals surface area contributed by atoms with Crippen LogP contribution in [0.4, 0.5) is 4.39 Å². The van der Waals surface area contributed by atoms with Crippen LogP contribution >= 0.6 is 11.3 Å². The van der Waals surface area contributed by atoms with Gasteiger partial charge in [-0.3, -0.25) is 0 Å². The first-order chi connectivity index (χ1) is 9.78. The first-order valence-corrected chi connectivity index (χ1v) is 8.46. The second-order valence-electron chi connectivity index (χ2n) is 5.85. The predicted molar refractivity (Wildman–Crippen MR) is 84.8 cm³/mol. The number of thiophene rings is 1. The minimum Gasteiger partial charge on any atom is -0.312 e. The molecule has 1 saturated carbocycles. The molecule has 0 amide bonds. The quantitative estimate of drug-likeness (QED) is 0.759. The van der Waals surface area contributed by atoms with Crippen molar-refractivity contribution in [1.82, 2.24) is 5.32 Å². The molecule has 1 heterocycles. The minimum absolute atomic E-state index is 0.141. The molecule has 1 atom stereocenters. The van der Waals surface area contributed by atoms with Crippen molar-refractivity contribution in [2.75, 3.05) is 7.05 Å². The molecule has 108 valence electrons. The highest BCUT2D eigenvalue weighted by atomic mass is 32.1. The third kappa shape index (κ3) is 2.89. The zero-order valence-electron chi connectivity index (χ0n) is 12.0. The maximum Gasteiger partial charge on any atom is 0.123 e. The Bertz CT molecular complexity index is 569. The van der Waals surface area contributed by atoms with Gasteiger partial charge in [0.25, 0.3) is 0 Å². The van der Waals surface area contributed by atoms with Crippen molar-refractivity contribution in [3.63, 3.8) is 0 Å². The molecular formula is C17H22FNS. The molecule has 2 aromatic rings. The van der Waals surface area contributed by atoms with Crippen LogP contribution in [0, 0.1) is 11.7 Å². The number of halogens is 1. The van der Waals surface area contributed by atoms with Crippen LogP contribution in [0.1, 0.15) is 49.4 Å². The molecule has 3 heteroatoms. The lowest BCUT2D eigenvalue weighted by atomic mass is 9.91. The lowest BCUT2D eigenvalue weighted by Gasteiger charge is -2.24. The number of benzene rings is 1. The van der Waals surface area contributed by atoms with E-state index in [9.17, 15) is 4.39 Å². The molecule has 0 bridgehead atoms. The summed E-state index contributed by atoms with van der Waals surface area (Å²) in [6.07, 6.45) is 8.09. The molecule has 1 aromatic carbocycles. The molecule has 1 aliphatic carbocycles. The van der Waals surface area contributed by atoms with Crippen LogP contribution in [0.3, 0.4) is 0 Å². The van der Waals surface area contributed by atoms with E-state index in [4.69, 9.17) is 0 Å². The fourth-order valence-electron chi connectivity index (χ4n) is 3.44. The van der Waals surface area contributed by atoms with E-state index < -0.39 is 0 Å². The van der Waals surface area contributed by atoms with Crippen molar-refractivity contribution >= 4 is 21.4 Å². The second-order valence-corrected chi connectivity index (χ2v) is 6.96. The monoisotopic (exact) mass is 291 g/mol. The van der Waals surface area contributed by atoms with Gasteiger partial charge >= 0.3 is 0 Å². The lowest BCUT2D eigenvalue weighted by molar-refractivity contribution is 0.346. The molecule has 1 unspecified atom stereocenters. The molecule has 20 heavy (non-hydrogen) atoms. The van der Waals surface area contributed by atoms with E-state index in [2.05, 4.69) is 18.4 Å². The highest BCUT2D eigenvalue weighted by molar-refractivity contribution is 7.19. The van der Waals surface area contributed by atoms with Crippen LogP contribution in [-0.4, -0.2) is 7.05 Å². The van der Waals surface area contributed by atoms with Gasteiger partial charge in [0.15, 0.2) is 0 Å². The number of nitrogens with one attached hydrogen (secondary N) is 1. The van der Waals surface area contributed by atoms with Crippen LogP contribution in [-0.2, 0) is 0 Å². The Morgan fingerprint density at radius 2 is 1.90 bits per heavy atom. The Labute approximate surface area is 124 Å². The normalized spacial score (nSPS) is 19.1. The van der Waals surface area contributed by atoms with Gasteiger partial charge in [-0.05, 0) is 55.5 Å². The number of fused-ring (bicyclic) bond motifs is 1. The van der Waals surface area contributed by atoms with E-state index in [1.54, 1.807) is 12.1 Å². The molecule has 0 spiro atoms. The molecule has 1 N–H and O–H groups in total. The van der Waals surface area contributed by atoms with E-state index in [0.29, 0.717) is 6.04 Å². The van der Waals surface area contributed by atoms with Gasteiger partial charge in [-0.2, -0.15) is 0 Å². The Balaban J connectivity index is 1.89. The fourth-order valence-corrected chi connectivity index (χ4v) is 4.69. The summed E-state index contributed by atoms with van der Waals surface area (Å²) in [4.78, 5) is 1.36. The van der Waals surface area contributed by atoms with Crippen molar-refractivity contribution in [3.8, 4) is 0 Å². The number of hydrogen-bond donors (Lipinski definition) is 1. The predicted octanol–water partition coefficient (Wildman–Crippen LogP) is 5.27. The first kappa shape index (κ1) is 14.0. The molecule has 3 rings (SSSR count). The van der Waals surface area contributed by atoms with E-state index in [1.165, 1.54) is 48.1 Å². The van der Waals surface area contributed by atoms with Crippen molar-refractivity contribution < 1.29 is 4.39 Å². The number of rotatable bonds is 3. The van der Waals surface area contributed by atoms with Gasteiger partial charge in [0.05, 0.1) is 0 Å². The van der Waals surface area contributed by atoms with Gasteiger partial charge in [-0.15, -0.1) is 11.3 Å². The third-order valence-corrected chi connectivity index (χ3v) is 5.69. The van der Waals surface area contributed by atoms with E-state index in [0.717, 1.165) is 11.3 Å². The Kier molecular flexibility index (Phi) is 4.37. The van der Waals surface area contributed by atoms with E-state index in [-0.39, 0.29) is 5.82 Å². The number of hydrogen-bond acceptors (Lipinski definition) is 2. The van der Waals surface area contributed by atoms with Gasteiger partial charge in [0.1, 0.15) is 5.82 Å². The largest absolute Gasteiger partial charge is 0.312 e. The molecule has 1 aliphatic rings. The lowest BCUT2D eigenvalue weighted by Crippen LogP contribution is -2.24. The highest BCUT2D eigenvalue weighted by Gasteiger charge is 2.24. The zero-order valence-corrected chi connectivity index (χ0v) is 12.8. The molecule has 1 fully saturated rings. The van der Waals surface area contributed by atoms with Gasteiger partial charge in [0, 0.05) is 15.6 Å². The third-order valence-electron chi connectivity index (χ3n) is 4.49. The first-order valence-electron chi connectivity index (χ1n) is 7.64. The molecule has 1 nitrogen and oxygen atoms in total. The van der Waals surface area contributed by atoms with Gasteiger partial charge in [0.2, 0.25) is 0 Å². The Hall–Kier alpha value is -0.930. The Morgan fingerprint density at radius 1 is 1.15 bits per heavy atom. The highest BCUT2D eigenvalue weighted by Crippen LogP contribution is 2.38. The van der Waals surface area contributed by atoms with Crippen molar-refractivity contribution in [2.24, 2.45) is 5.92 Å². The van der Waals surface area contributed by atoms with Gasteiger partial charge < -0.3 is 5.32 Å². The molecule has 0 aliphatic heterocycles. The SMILES string of the molecule is CNC(c1cc2cc(F)ccc2s1)C1CCCCCC1. The average molecular weight is 291 g/mol. The summed E-state index contributed by atoms with van der Waals surface area (Å²) in [6, 6.07) is 7.71. The summed E-state index contributed by atoms with van der Waals surface area (Å²) in [5.74, 6) is 0.581. The molecule has 1 aromatic heterocycles. The average Bonchev–Trinajstić information content (AvgIpc) is 2.67. The van der Waals surface area contributed by atoms with Crippen molar-refractivity contribution in [3.05, 3.63) is 35.0 Å². The standard InChI is InChI=1S/C17H22FNS/c1-19-17(12-6-4-2-3-5-7-12)16-11-13-10-14(18)8-9-15(13)20-16/h8-12,17,19H,2-7H2,1H3. The van der Waals surface area contributed by atoms with Gasteiger partial charge in [-0.1, -0.05) is 25.7 Å². The van der Waals surface area contributed by atoms with Crippen LogP contribution < -0.4 is 5.32 Å². The summed E-state index contributed by atoms with van der Waals surface area (Å²) < 4.78 is 14.5. The topological polar surface area (TPSA) is 12.0 Å². The van der Waals surface area contributed by atoms with Crippen LogP contribution in [0.5, 0.6) is 0 Å². The zero-order chi connectivity index (χ0) is 13.9. The van der Waals surface area contributed by atoms with Crippen molar-refractivity contribution in [2.45, 2.75) is 44.6 Å². The molecule has 0 saturated heterocycles. The van der Waals surface area contributed by atoms with Gasteiger partial charge in [-0.25, -0.2) is 4.39 Å². The summed E-state index contributed by atoms with van der Waals surface area (Å²) in [5, 5.41) is 4.55. The van der Waals surface area contributed by atoms with E-state index in [1.807, 2.05) is 17.4 Å². The molecular weight excluding hydrogens is 269 g/mol. The second kappa shape index (κ2) is 6.23. The Morgan fingerprint density at radius 3 is 2.60 bits per heavy atom.